The molecule has 0 bridgehead atoms. The fourth-order valence-electron chi connectivity index (χ4n) is 5.16. The van der Waals surface area contributed by atoms with Crippen molar-refractivity contribution in [3.63, 3.8) is 0 Å². The average molecular weight is 566 g/mol. The number of hydrogen-bond acceptors (Lipinski definition) is 7. The van der Waals surface area contributed by atoms with Gasteiger partial charge in [-0.15, -0.1) is 0 Å². The zero-order chi connectivity index (χ0) is 29.5. The third-order valence-corrected chi connectivity index (χ3v) is 7.40. The summed E-state index contributed by atoms with van der Waals surface area (Å²) in [5.41, 5.74) is 2.53. The molecule has 0 saturated heterocycles. The van der Waals surface area contributed by atoms with E-state index in [1.165, 1.54) is 50.4 Å². The number of rotatable bonds is 20. The maximum absolute atomic E-state index is 11.3. The van der Waals surface area contributed by atoms with Gasteiger partial charge >= 0.3 is 5.97 Å². The van der Waals surface area contributed by atoms with Gasteiger partial charge in [0.25, 0.3) is 0 Å². The van der Waals surface area contributed by atoms with Gasteiger partial charge in [0.05, 0.1) is 13.1 Å². The summed E-state index contributed by atoms with van der Waals surface area (Å²) < 4.78 is 9.42. The van der Waals surface area contributed by atoms with Gasteiger partial charge in [0.2, 0.25) is 0 Å². The van der Waals surface area contributed by atoms with Crippen LogP contribution in [0, 0.1) is 0 Å². The Kier molecular flexibility index (Phi) is 14.1. The number of ether oxygens (including phenoxy) is 1. The third kappa shape index (κ3) is 11.8. The van der Waals surface area contributed by atoms with Crippen LogP contribution in [0.1, 0.15) is 69.2 Å². The molecule has 2 heterocycles. The summed E-state index contributed by atoms with van der Waals surface area (Å²) in [5, 5.41) is 0. The molecule has 3 rings (SSSR count). The first-order valence-corrected chi connectivity index (χ1v) is 15.2. The largest absolute Gasteiger partial charge is 0.465 e. The van der Waals surface area contributed by atoms with Crippen molar-refractivity contribution in [3.05, 3.63) is 71.8 Å². The van der Waals surface area contributed by atoms with E-state index in [1.807, 2.05) is 38.9 Å². The number of carbonyl (C=O) groups excluding carboxylic acids is 1. The maximum Gasteiger partial charge on any atom is 0.302 e. The van der Waals surface area contributed by atoms with Gasteiger partial charge in [0.15, 0.2) is 0 Å². The lowest BCUT2D eigenvalue weighted by molar-refractivity contribution is -0.141. The Morgan fingerprint density at radius 2 is 1.20 bits per heavy atom. The quantitative estimate of drug-likeness (QED) is 0.146. The molecular weight excluding hydrogens is 514 g/mol. The molecule has 0 N–H and O–H groups in total. The van der Waals surface area contributed by atoms with Gasteiger partial charge in [0.1, 0.15) is 18.3 Å². The van der Waals surface area contributed by atoms with Crippen LogP contribution in [0.25, 0.3) is 0 Å². The minimum atomic E-state index is -0.218. The fraction of sp³-hybridized carbons (Fsp3) is 0.594. The highest BCUT2D eigenvalue weighted by Gasteiger charge is 2.14. The monoisotopic (exact) mass is 565 g/mol. The highest BCUT2D eigenvalue weighted by atomic mass is 16.5. The number of aryl methyl sites for hydroxylation is 2. The number of unbranched alkanes of at least 4 members (excludes halogenated alkanes) is 1. The number of imidazole rings is 2. The Morgan fingerprint density at radius 3 is 1.63 bits per heavy atom. The molecule has 2 aromatic heterocycles. The molecule has 9 heteroatoms. The number of hydrogen-bond donors (Lipinski definition) is 0. The van der Waals surface area contributed by atoms with Crippen LogP contribution in [-0.2, 0) is 49.8 Å². The molecule has 0 aliphatic rings. The van der Waals surface area contributed by atoms with Gasteiger partial charge in [-0.05, 0) is 63.0 Å². The van der Waals surface area contributed by atoms with Crippen molar-refractivity contribution in [1.82, 2.24) is 33.8 Å². The molecule has 0 fully saturated rings. The lowest BCUT2D eigenvalue weighted by atomic mass is 10.1. The minimum absolute atomic E-state index is 0.218. The normalized spacial score (nSPS) is 11.7. The number of aromatic nitrogens is 4. The van der Waals surface area contributed by atoms with Crippen molar-refractivity contribution in [2.75, 3.05) is 39.3 Å². The summed E-state index contributed by atoms with van der Waals surface area (Å²) >= 11 is 0. The summed E-state index contributed by atoms with van der Waals surface area (Å²) in [4.78, 5) is 27.8. The second kappa shape index (κ2) is 17.7. The maximum atomic E-state index is 11.3. The lowest BCUT2D eigenvalue weighted by Gasteiger charge is -2.25. The molecule has 9 nitrogen and oxygen atoms in total. The van der Waals surface area contributed by atoms with E-state index in [2.05, 4.69) is 71.9 Å². The van der Waals surface area contributed by atoms with E-state index in [9.17, 15) is 4.79 Å². The van der Waals surface area contributed by atoms with E-state index in [0.717, 1.165) is 63.9 Å². The van der Waals surface area contributed by atoms with Crippen molar-refractivity contribution in [1.29, 1.82) is 0 Å². The van der Waals surface area contributed by atoms with E-state index >= 15 is 0 Å². The zero-order valence-corrected chi connectivity index (χ0v) is 26.0. The molecule has 0 aliphatic carbocycles. The topological polar surface area (TPSA) is 71.7 Å². The second-order valence-electron chi connectivity index (χ2n) is 11.0. The second-order valence-corrected chi connectivity index (χ2v) is 11.0. The first-order chi connectivity index (χ1) is 19.9. The smallest absolute Gasteiger partial charge is 0.302 e. The predicted molar refractivity (Wildman–Crippen MR) is 164 cm³/mol. The van der Waals surface area contributed by atoms with Crippen molar-refractivity contribution >= 4 is 5.97 Å². The van der Waals surface area contributed by atoms with E-state index < -0.39 is 0 Å². The van der Waals surface area contributed by atoms with Crippen LogP contribution in [0.4, 0.5) is 0 Å². The van der Waals surface area contributed by atoms with Crippen molar-refractivity contribution < 1.29 is 9.53 Å². The first-order valence-electron chi connectivity index (χ1n) is 15.2. The van der Waals surface area contributed by atoms with Crippen molar-refractivity contribution in [2.45, 2.75) is 72.6 Å². The molecule has 0 amide bonds. The average Bonchev–Trinajstić information content (AvgIpc) is 3.54. The lowest BCUT2D eigenvalue weighted by Crippen LogP contribution is -2.30. The van der Waals surface area contributed by atoms with Crippen LogP contribution in [0.15, 0.2) is 49.1 Å². The van der Waals surface area contributed by atoms with Crippen LogP contribution in [0.3, 0.4) is 0 Å². The SMILES string of the molecule is CCCN(CCC)CCCCN(CCOC(C)=O)Cc1ccc(CN(Cc2nccn2C)Cc2nccn2C)cc1. The Hall–Kier alpha value is -3.01. The molecule has 0 radical (unpaired) electrons. The first kappa shape index (κ1) is 32.5. The molecule has 0 spiro atoms. The van der Waals surface area contributed by atoms with Gasteiger partial charge in [0, 0.05) is 65.4 Å². The van der Waals surface area contributed by atoms with Gasteiger partial charge in [-0.25, -0.2) is 9.97 Å². The zero-order valence-electron chi connectivity index (χ0n) is 26.0. The van der Waals surface area contributed by atoms with E-state index in [4.69, 9.17) is 4.74 Å². The summed E-state index contributed by atoms with van der Waals surface area (Å²) in [6.45, 7) is 14.8. The van der Waals surface area contributed by atoms with Crippen LogP contribution >= 0.6 is 0 Å². The van der Waals surface area contributed by atoms with Crippen LogP contribution < -0.4 is 0 Å². The highest BCUT2D eigenvalue weighted by Crippen LogP contribution is 2.15. The summed E-state index contributed by atoms with van der Waals surface area (Å²) in [7, 11) is 4.07. The number of nitrogens with zero attached hydrogens (tertiary/aromatic N) is 7. The molecule has 0 atom stereocenters. The van der Waals surface area contributed by atoms with Crippen LogP contribution in [0.5, 0.6) is 0 Å². The number of esters is 1. The summed E-state index contributed by atoms with van der Waals surface area (Å²) in [6, 6.07) is 8.93. The molecule has 226 valence electrons. The molecule has 0 aliphatic heterocycles. The molecule has 3 aromatic rings. The van der Waals surface area contributed by atoms with Gasteiger partial charge in [-0.2, -0.15) is 0 Å². The fourth-order valence-corrected chi connectivity index (χ4v) is 5.16. The summed E-state index contributed by atoms with van der Waals surface area (Å²) in [6.07, 6.45) is 12.4. The molecular formula is C32H51N7O2. The van der Waals surface area contributed by atoms with Crippen molar-refractivity contribution in [3.8, 4) is 0 Å². The standard InChI is InChI=1S/C32H51N7O2/c1-6-16-37(17-7-2)18-8-9-19-38(22-23-41-28(3)40)24-29-10-12-30(13-11-29)25-39(26-31-33-14-20-35(31)4)27-32-34-15-21-36(32)5/h10-15,20-21H,6-9,16-19,22-27H2,1-5H3. The summed E-state index contributed by atoms with van der Waals surface area (Å²) in [5.74, 6) is 1.85. The van der Waals surface area contributed by atoms with Crippen molar-refractivity contribution in [2.24, 2.45) is 14.1 Å². The number of carbonyl (C=O) groups is 1. The third-order valence-electron chi connectivity index (χ3n) is 7.40. The molecule has 1 aromatic carbocycles. The number of benzene rings is 1. The Bertz CT molecular complexity index is 1090. The van der Waals surface area contributed by atoms with Crippen LogP contribution in [0.2, 0.25) is 0 Å². The molecule has 0 saturated carbocycles. The van der Waals surface area contributed by atoms with Gasteiger partial charge < -0.3 is 18.8 Å². The molecule has 0 unspecified atom stereocenters. The highest BCUT2D eigenvalue weighted by molar-refractivity contribution is 5.65. The predicted octanol–water partition coefficient (Wildman–Crippen LogP) is 4.62. The Morgan fingerprint density at radius 1 is 0.707 bits per heavy atom. The van der Waals surface area contributed by atoms with Gasteiger partial charge in [-0.1, -0.05) is 38.1 Å². The Balaban J connectivity index is 1.59. The molecule has 41 heavy (non-hydrogen) atoms. The van der Waals surface area contributed by atoms with E-state index in [1.54, 1.807) is 0 Å². The van der Waals surface area contributed by atoms with Gasteiger partial charge in [-0.3, -0.25) is 14.6 Å². The van der Waals surface area contributed by atoms with E-state index in [-0.39, 0.29) is 5.97 Å². The Labute approximate surface area is 247 Å². The van der Waals surface area contributed by atoms with E-state index in [0.29, 0.717) is 6.61 Å². The minimum Gasteiger partial charge on any atom is -0.465 e. The van der Waals surface area contributed by atoms with Crippen LogP contribution in [-0.4, -0.2) is 79.1 Å².